The molecule has 0 radical (unpaired) electrons. The molecule has 0 spiro atoms. The van der Waals surface area contributed by atoms with Crippen LogP contribution in [0.25, 0.3) is 0 Å². The maximum atomic E-state index is 13.8. The highest BCUT2D eigenvalue weighted by Gasteiger charge is 2.35. The van der Waals surface area contributed by atoms with Gasteiger partial charge < -0.3 is 15.2 Å². The second kappa shape index (κ2) is 11.8. The lowest BCUT2D eigenvalue weighted by Gasteiger charge is -2.23. The second-order valence-corrected chi connectivity index (χ2v) is 8.84. The molecule has 2 atom stereocenters. The summed E-state index contributed by atoms with van der Waals surface area (Å²) in [7, 11) is 0. The molecule has 2 aromatic carbocycles. The average Bonchev–Trinajstić information content (AvgIpc) is 2.83. The number of carboxylic acids is 1. The predicted octanol–water partition coefficient (Wildman–Crippen LogP) is 7.33. The molecule has 0 amide bonds. The number of hydrogen-bond donors (Lipinski definition) is 3. The van der Waals surface area contributed by atoms with Gasteiger partial charge in [0, 0.05) is 18.7 Å². The number of halogens is 5. The Balaban J connectivity index is 1.71. The zero-order valence-corrected chi connectivity index (χ0v) is 20.9. The third-order valence-electron chi connectivity index (χ3n) is 5.39. The van der Waals surface area contributed by atoms with Gasteiger partial charge in [0.1, 0.15) is 11.8 Å². The third kappa shape index (κ3) is 7.25. The molecule has 1 heterocycles. The highest BCUT2D eigenvalue weighted by molar-refractivity contribution is 6.42. The van der Waals surface area contributed by atoms with Crippen LogP contribution in [0, 0.1) is 0 Å². The smallest absolute Gasteiger partial charge is 0.416 e. The van der Waals surface area contributed by atoms with Crippen molar-refractivity contribution in [2.24, 2.45) is 0 Å². The van der Waals surface area contributed by atoms with Crippen molar-refractivity contribution in [1.29, 1.82) is 0 Å². The van der Waals surface area contributed by atoms with Crippen LogP contribution in [-0.2, 0) is 17.5 Å². The summed E-state index contributed by atoms with van der Waals surface area (Å²) in [4.78, 5) is 15.4. The highest BCUT2D eigenvalue weighted by Crippen LogP contribution is 2.38. The maximum absolute atomic E-state index is 13.8. The summed E-state index contributed by atoms with van der Waals surface area (Å²) in [6, 6.07) is 10.2. The van der Waals surface area contributed by atoms with E-state index in [4.69, 9.17) is 27.9 Å². The first-order chi connectivity index (χ1) is 17.0. The lowest BCUT2D eigenvalue weighted by atomic mass is 9.99. The molecule has 0 aliphatic heterocycles. The van der Waals surface area contributed by atoms with E-state index in [0.717, 1.165) is 11.6 Å². The van der Waals surface area contributed by atoms with Gasteiger partial charge in [-0.05, 0) is 54.8 Å². The van der Waals surface area contributed by atoms with Crippen LogP contribution in [-0.4, -0.2) is 22.1 Å². The van der Waals surface area contributed by atoms with Gasteiger partial charge in [0.15, 0.2) is 0 Å². The molecule has 6 nitrogen and oxygen atoms in total. The number of rotatable bonds is 10. The van der Waals surface area contributed by atoms with Crippen LogP contribution >= 0.6 is 23.2 Å². The first kappa shape index (κ1) is 27.6. The fraction of sp³-hybridized carbons (Fsp3) is 0.280. The Morgan fingerprint density at radius 1 is 1.11 bits per heavy atom. The van der Waals surface area contributed by atoms with Gasteiger partial charge in [0.25, 0.3) is 0 Å². The van der Waals surface area contributed by atoms with E-state index in [-0.39, 0.29) is 23.6 Å². The number of aromatic nitrogens is 1. The van der Waals surface area contributed by atoms with E-state index in [0.29, 0.717) is 22.3 Å². The van der Waals surface area contributed by atoms with Crippen LogP contribution in [0.4, 0.5) is 18.9 Å². The van der Waals surface area contributed by atoms with Gasteiger partial charge in [-0.25, -0.2) is 4.98 Å². The van der Waals surface area contributed by atoms with Gasteiger partial charge in [0.05, 0.1) is 27.5 Å². The SMILES string of the molecule is CCC(NC(C)c1ccc(Oc2ccc(NCc3ccc(Cl)c(Cl)c3)cn2)cc1C(F)(F)F)C(=O)O. The molecule has 1 aromatic heterocycles. The molecule has 0 aliphatic rings. The number of alkyl halides is 3. The van der Waals surface area contributed by atoms with Crippen molar-refractivity contribution in [3.8, 4) is 11.6 Å². The van der Waals surface area contributed by atoms with E-state index < -0.39 is 29.8 Å². The number of nitrogens with one attached hydrogen (secondary N) is 2. The Morgan fingerprint density at radius 2 is 1.86 bits per heavy atom. The summed E-state index contributed by atoms with van der Waals surface area (Å²) in [5, 5.41) is 16.0. The van der Waals surface area contributed by atoms with Crippen molar-refractivity contribution < 1.29 is 27.8 Å². The topological polar surface area (TPSA) is 83.5 Å². The standard InChI is InChI=1S/C25H24Cl2F3N3O3/c1-3-22(24(34)35)33-14(2)18-7-6-17(11-19(18)25(28,29)30)36-23-9-5-16(13-32-23)31-12-15-4-8-20(26)21(27)10-15/h4-11,13-14,22,31,33H,3,12H2,1-2H3,(H,34,35). The highest BCUT2D eigenvalue weighted by atomic mass is 35.5. The number of carboxylic acid groups (broad SMARTS) is 1. The quantitative estimate of drug-likeness (QED) is 0.249. The van der Waals surface area contributed by atoms with Crippen molar-refractivity contribution in [3.05, 3.63) is 81.5 Å². The van der Waals surface area contributed by atoms with E-state index in [1.54, 1.807) is 25.1 Å². The Hall–Kier alpha value is -3.01. The minimum atomic E-state index is -4.67. The fourth-order valence-corrected chi connectivity index (χ4v) is 3.82. The summed E-state index contributed by atoms with van der Waals surface area (Å²) in [5.41, 5.74) is 0.579. The fourth-order valence-electron chi connectivity index (χ4n) is 3.50. The molecule has 3 N–H and O–H groups in total. The van der Waals surface area contributed by atoms with E-state index >= 15 is 0 Å². The van der Waals surface area contributed by atoms with Crippen LogP contribution in [0.15, 0.2) is 54.7 Å². The number of pyridine rings is 1. The summed E-state index contributed by atoms with van der Waals surface area (Å²) in [6.07, 6.45) is -2.94. The molecule has 11 heteroatoms. The molecule has 3 aromatic rings. The molecule has 3 rings (SSSR count). The predicted molar refractivity (Wildman–Crippen MR) is 133 cm³/mol. The Morgan fingerprint density at radius 3 is 2.44 bits per heavy atom. The molecule has 192 valence electrons. The monoisotopic (exact) mass is 541 g/mol. The van der Waals surface area contributed by atoms with Crippen molar-refractivity contribution >= 4 is 34.9 Å². The van der Waals surface area contributed by atoms with Crippen molar-refractivity contribution in [2.45, 2.75) is 45.1 Å². The zero-order valence-electron chi connectivity index (χ0n) is 19.4. The molecular weight excluding hydrogens is 518 g/mol. The van der Waals surface area contributed by atoms with Gasteiger partial charge in [-0.1, -0.05) is 42.3 Å². The molecule has 2 unspecified atom stereocenters. The summed E-state index contributed by atoms with van der Waals surface area (Å²) in [6.45, 7) is 3.59. The van der Waals surface area contributed by atoms with Gasteiger partial charge in [-0.3, -0.25) is 10.1 Å². The van der Waals surface area contributed by atoms with Crippen molar-refractivity contribution in [1.82, 2.24) is 10.3 Å². The molecule has 0 bridgehead atoms. The summed E-state index contributed by atoms with van der Waals surface area (Å²) in [5.74, 6) is -1.06. The largest absolute Gasteiger partial charge is 0.480 e. The lowest BCUT2D eigenvalue weighted by Crippen LogP contribution is -2.38. The number of benzene rings is 2. The normalized spacial score (nSPS) is 13.2. The second-order valence-electron chi connectivity index (χ2n) is 8.02. The molecule has 0 saturated carbocycles. The van der Waals surface area contributed by atoms with Crippen molar-refractivity contribution in [3.63, 3.8) is 0 Å². The minimum Gasteiger partial charge on any atom is -0.480 e. The average molecular weight is 542 g/mol. The van der Waals surface area contributed by atoms with Crippen LogP contribution in [0.5, 0.6) is 11.6 Å². The lowest BCUT2D eigenvalue weighted by molar-refractivity contribution is -0.139. The maximum Gasteiger partial charge on any atom is 0.416 e. The van der Waals surface area contributed by atoms with E-state index in [9.17, 15) is 23.1 Å². The number of nitrogens with zero attached hydrogens (tertiary/aromatic N) is 1. The first-order valence-corrected chi connectivity index (χ1v) is 11.7. The van der Waals surface area contributed by atoms with E-state index in [1.807, 2.05) is 6.07 Å². The Bertz CT molecular complexity index is 1210. The zero-order chi connectivity index (χ0) is 26.5. The van der Waals surface area contributed by atoms with Crippen LogP contribution in [0.2, 0.25) is 10.0 Å². The number of carbonyl (C=O) groups is 1. The molecule has 0 fully saturated rings. The number of hydrogen-bond acceptors (Lipinski definition) is 5. The number of aliphatic carboxylic acids is 1. The van der Waals surface area contributed by atoms with Crippen molar-refractivity contribution in [2.75, 3.05) is 5.32 Å². The molecule has 0 aliphatic carbocycles. The first-order valence-electron chi connectivity index (χ1n) is 11.0. The van der Waals surface area contributed by atoms with Crippen LogP contribution in [0.3, 0.4) is 0 Å². The van der Waals surface area contributed by atoms with Gasteiger partial charge >= 0.3 is 12.1 Å². The van der Waals surface area contributed by atoms with Crippen LogP contribution in [0.1, 0.15) is 43.0 Å². The van der Waals surface area contributed by atoms with E-state index in [2.05, 4.69) is 15.6 Å². The summed E-state index contributed by atoms with van der Waals surface area (Å²) < 4.78 is 46.9. The molecule has 36 heavy (non-hydrogen) atoms. The van der Waals surface area contributed by atoms with Gasteiger partial charge in [0.2, 0.25) is 5.88 Å². The Labute approximate surface area is 216 Å². The third-order valence-corrected chi connectivity index (χ3v) is 6.13. The molecular formula is C25H24Cl2F3N3O3. The minimum absolute atomic E-state index is 0.0485. The van der Waals surface area contributed by atoms with Gasteiger partial charge in [-0.15, -0.1) is 0 Å². The van der Waals surface area contributed by atoms with Gasteiger partial charge in [-0.2, -0.15) is 13.2 Å². The number of ether oxygens (including phenoxy) is 1. The Kier molecular flexibility index (Phi) is 9.05. The molecule has 0 saturated heterocycles. The summed E-state index contributed by atoms with van der Waals surface area (Å²) >= 11 is 11.9. The van der Waals surface area contributed by atoms with E-state index in [1.165, 1.54) is 31.3 Å². The number of anilines is 1. The van der Waals surface area contributed by atoms with Crippen LogP contribution < -0.4 is 15.4 Å².